The van der Waals surface area contributed by atoms with Gasteiger partial charge in [0.25, 0.3) is 5.91 Å². The molecule has 7 nitrogen and oxygen atoms in total. The Kier molecular flexibility index (Phi) is 7.34. The van der Waals surface area contributed by atoms with Gasteiger partial charge in [-0.15, -0.1) is 0 Å². The third kappa shape index (κ3) is 5.29. The minimum absolute atomic E-state index is 0.0538. The Balaban J connectivity index is 1.39. The number of carbonyl (C=O) groups excluding carboxylic acids is 1. The van der Waals surface area contributed by atoms with E-state index in [0.717, 1.165) is 36.2 Å². The van der Waals surface area contributed by atoms with E-state index in [1.165, 1.54) is 18.7 Å². The summed E-state index contributed by atoms with van der Waals surface area (Å²) in [5.41, 5.74) is 4.84. The fourth-order valence-corrected chi connectivity index (χ4v) is 5.20. The molecule has 190 valence electrons. The zero-order chi connectivity index (χ0) is 25.1. The highest BCUT2D eigenvalue weighted by Crippen LogP contribution is 2.27. The number of nitrogens with zero attached hydrogens (tertiary/aromatic N) is 4. The molecule has 3 heterocycles. The van der Waals surface area contributed by atoms with Gasteiger partial charge >= 0.3 is 0 Å². The second-order valence-electron chi connectivity index (χ2n) is 9.69. The van der Waals surface area contributed by atoms with Gasteiger partial charge in [0.05, 0.1) is 13.2 Å². The van der Waals surface area contributed by atoms with Crippen molar-refractivity contribution in [1.29, 1.82) is 0 Å². The van der Waals surface area contributed by atoms with Crippen molar-refractivity contribution in [3.05, 3.63) is 82.4 Å². The summed E-state index contributed by atoms with van der Waals surface area (Å²) < 4.78 is 21.0. The summed E-state index contributed by atoms with van der Waals surface area (Å²) in [6, 6.07) is 15.3. The van der Waals surface area contributed by atoms with Crippen LogP contribution in [0.5, 0.6) is 5.75 Å². The summed E-state index contributed by atoms with van der Waals surface area (Å²) in [7, 11) is 1.47. The van der Waals surface area contributed by atoms with Crippen molar-refractivity contribution in [2.45, 2.75) is 51.4 Å². The molecule has 0 bridgehead atoms. The molecule has 0 aliphatic carbocycles. The number of piperidine rings is 1. The quantitative estimate of drug-likeness (QED) is 0.547. The summed E-state index contributed by atoms with van der Waals surface area (Å²) >= 11 is 0. The van der Waals surface area contributed by atoms with Crippen molar-refractivity contribution >= 4 is 5.91 Å². The van der Waals surface area contributed by atoms with Crippen molar-refractivity contribution in [2.75, 3.05) is 26.7 Å². The highest BCUT2D eigenvalue weighted by molar-refractivity contribution is 5.94. The average molecular weight is 493 g/mol. The van der Waals surface area contributed by atoms with E-state index in [9.17, 15) is 14.3 Å². The number of benzene rings is 2. The Morgan fingerprint density at radius 2 is 1.89 bits per heavy atom. The Hall–Kier alpha value is -3.23. The molecule has 0 radical (unpaired) electrons. The largest absolute Gasteiger partial charge is 0.494 e. The topological polar surface area (TPSA) is 70.8 Å². The van der Waals surface area contributed by atoms with Crippen LogP contribution in [0.1, 0.15) is 45.7 Å². The number of halogens is 1. The van der Waals surface area contributed by atoms with Gasteiger partial charge in [0.2, 0.25) is 0 Å². The first-order chi connectivity index (χ1) is 17.5. The fourth-order valence-electron chi connectivity index (χ4n) is 5.20. The Morgan fingerprint density at radius 1 is 1.11 bits per heavy atom. The van der Waals surface area contributed by atoms with Gasteiger partial charge < -0.3 is 14.7 Å². The number of likely N-dealkylation sites (tertiary alicyclic amines) is 1. The number of amides is 1. The standard InChI is InChI=1S/C28H33FN4O3/c1-36-26-17-21(7-8-24(26)29)18-31-13-12-25-23(19-31)27(28(35)32-14-10-22(34)11-15-32)30-33(25)16-9-20-5-3-2-4-6-20/h2-8,17,22,34H,9-16,18-19H2,1H3. The van der Waals surface area contributed by atoms with E-state index in [1.807, 2.05) is 27.8 Å². The molecule has 2 aromatic carbocycles. The maximum absolute atomic E-state index is 13.9. The SMILES string of the molecule is COc1cc(CN2CCc3c(c(C(=O)N4CCC(O)CC4)nn3CCc3ccccc3)C2)ccc1F. The maximum Gasteiger partial charge on any atom is 0.274 e. The minimum Gasteiger partial charge on any atom is -0.494 e. The number of aliphatic hydroxyl groups is 1. The van der Waals surface area contributed by atoms with E-state index in [2.05, 4.69) is 17.0 Å². The molecule has 0 spiro atoms. The number of aryl methyl sites for hydroxylation is 2. The van der Waals surface area contributed by atoms with Gasteiger partial charge in [-0.1, -0.05) is 36.4 Å². The number of hydrogen-bond acceptors (Lipinski definition) is 5. The Bertz CT molecular complexity index is 1210. The van der Waals surface area contributed by atoms with E-state index in [0.29, 0.717) is 51.3 Å². The van der Waals surface area contributed by atoms with Gasteiger partial charge in [-0.2, -0.15) is 5.10 Å². The van der Waals surface area contributed by atoms with Crippen molar-refractivity contribution in [2.24, 2.45) is 0 Å². The molecule has 1 amide bonds. The number of ether oxygens (including phenoxy) is 1. The zero-order valence-corrected chi connectivity index (χ0v) is 20.7. The average Bonchev–Trinajstić information content (AvgIpc) is 3.27. The third-order valence-corrected chi connectivity index (χ3v) is 7.24. The van der Waals surface area contributed by atoms with Crippen molar-refractivity contribution in [3.63, 3.8) is 0 Å². The number of aromatic nitrogens is 2. The van der Waals surface area contributed by atoms with Crippen LogP contribution in [0, 0.1) is 5.82 Å². The van der Waals surface area contributed by atoms with Crippen LogP contribution >= 0.6 is 0 Å². The Morgan fingerprint density at radius 3 is 2.64 bits per heavy atom. The summed E-state index contributed by atoms with van der Waals surface area (Å²) in [5.74, 6) is -0.189. The van der Waals surface area contributed by atoms with Crippen molar-refractivity contribution in [1.82, 2.24) is 19.6 Å². The summed E-state index contributed by atoms with van der Waals surface area (Å²) in [5, 5.41) is 14.7. The third-order valence-electron chi connectivity index (χ3n) is 7.24. The van der Waals surface area contributed by atoms with Crippen molar-refractivity contribution < 1.29 is 19.0 Å². The molecule has 8 heteroatoms. The lowest BCUT2D eigenvalue weighted by molar-refractivity contribution is 0.0538. The molecular formula is C28H33FN4O3. The molecule has 0 saturated carbocycles. The van der Waals surface area contributed by atoms with Gasteiger partial charge in [-0.3, -0.25) is 14.4 Å². The lowest BCUT2D eigenvalue weighted by atomic mass is 10.0. The van der Waals surface area contributed by atoms with Gasteiger partial charge in [-0.25, -0.2) is 4.39 Å². The van der Waals surface area contributed by atoms with E-state index < -0.39 is 0 Å². The molecular weight excluding hydrogens is 459 g/mol. The highest BCUT2D eigenvalue weighted by atomic mass is 19.1. The highest BCUT2D eigenvalue weighted by Gasteiger charge is 2.32. The molecule has 36 heavy (non-hydrogen) atoms. The predicted molar refractivity (Wildman–Crippen MR) is 134 cm³/mol. The first kappa shape index (κ1) is 24.5. The van der Waals surface area contributed by atoms with Gasteiger partial charge in [0.1, 0.15) is 0 Å². The van der Waals surface area contributed by atoms with Crippen LogP contribution in [0.3, 0.4) is 0 Å². The van der Waals surface area contributed by atoms with Gasteiger partial charge in [0.15, 0.2) is 17.3 Å². The number of aliphatic hydroxyl groups excluding tert-OH is 1. The first-order valence-corrected chi connectivity index (χ1v) is 12.7. The molecule has 3 aromatic rings. The molecule has 1 saturated heterocycles. The molecule has 1 N–H and O–H groups in total. The second kappa shape index (κ2) is 10.8. The number of rotatable bonds is 7. The molecule has 5 rings (SSSR count). The molecule has 1 aromatic heterocycles. The van der Waals surface area contributed by atoms with E-state index >= 15 is 0 Å². The van der Waals surface area contributed by atoms with E-state index in [-0.39, 0.29) is 23.6 Å². The Labute approximate surface area is 211 Å². The fraction of sp³-hybridized carbons (Fsp3) is 0.429. The van der Waals surface area contributed by atoms with Crippen LogP contribution in [0.2, 0.25) is 0 Å². The lowest BCUT2D eigenvalue weighted by Gasteiger charge is -2.30. The number of carbonyl (C=O) groups is 1. The van der Waals surface area contributed by atoms with Crippen LogP contribution in [0.15, 0.2) is 48.5 Å². The molecule has 0 unspecified atom stereocenters. The number of hydrogen-bond donors (Lipinski definition) is 1. The summed E-state index contributed by atoms with van der Waals surface area (Å²) in [6.45, 7) is 3.88. The van der Waals surface area contributed by atoms with Crippen LogP contribution < -0.4 is 4.74 Å². The van der Waals surface area contributed by atoms with E-state index in [4.69, 9.17) is 9.84 Å². The molecule has 2 aliphatic rings. The molecule has 1 fully saturated rings. The lowest BCUT2D eigenvalue weighted by Crippen LogP contribution is -2.41. The summed E-state index contributed by atoms with van der Waals surface area (Å²) in [6.07, 6.45) is 2.50. The smallest absolute Gasteiger partial charge is 0.274 e. The van der Waals surface area contributed by atoms with Crippen molar-refractivity contribution in [3.8, 4) is 5.75 Å². The number of fused-ring (bicyclic) bond motifs is 1. The summed E-state index contributed by atoms with van der Waals surface area (Å²) in [4.78, 5) is 17.6. The molecule has 0 atom stereocenters. The first-order valence-electron chi connectivity index (χ1n) is 12.7. The predicted octanol–water partition coefficient (Wildman–Crippen LogP) is 3.43. The normalized spacial score (nSPS) is 16.7. The maximum atomic E-state index is 13.9. The number of methoxy groups -OCH3 is 1. The van der Waals surface area contributed by atoms with E-state index in [1.54, 1.807) is 12.1 Å². The van der Waals surface area contributed by atoms with Gasteiger partial charge in [0, 0.05) is 56.9 Å². The van der Waals surface area contributed by atoms with Gasteiger partial charge in [-0.05, 0) is 42.5 Å². The zero-order valence-electron chi connectivity index (χ0n) is 20.7. The minimum atomic E-state index is -0.374. The van der Waals surface area contributed by atoms with Crippen LogP contribution in [-0.4, -0.2) is 63.4 Å². The molecule has 2 aliphatic heterocycles. The second-order valence-corrected chi connectivity index (χ2v) is 9.69. The van der Waals surface area contributed by atoms with Crippen LogP contribution in [-0.2, 0) is 32.5 Å². The van der Waals surface area contributed by atoms with Crippen LogP contribution in [0.4, 0.5) is 4.39 Å². The van der Waals surface area contributed by atoms with Crippen LogP contribution in [0.25, 0.3) is 0 Å². The monoisotopic (exact) mass is 492 g/mol.